The summed E-state index contributed by atoms with van der Waals surface area (Å²) >= 11 is 0. The number of rotatable bonds is 11. The van der Waals surface area contributed by atoms with Gasteiger partial charge in [0.15, 0.2) is 11.5 Å². The number of anilines is 3. The highest BCUT2D eigenvalue weighted by Gasteiger charge is 2.37. The third-order valence-corrected chi connectivity index (χ3v) is 10.9. The third kappa shape index (κ3) is 8.73. The zero-order valence-corrected chi connectivity index (χ0v) is 31.9. The summed E-state index contributed by atoms with van der Waals surface area (Å²) in [6.45, 7) is 0. The number of fused-ring (bicyclic) bond motifs is 1. The van der Waals surface area contributed by atoms with Crippen LogP contribution in [0.15, 0.2) is 132 Å². The summed E-state index contributed by atoms with van der Waals surface area (Å²) in [5, 5.41) is 15.8. The van der Waals surface area contributed by atoms with Gasteiger partial charge in [0.25, 0.3) is 30.4 Å². The van der Waals surface area contributed by atoms with Crippen molar-refractivity contribution < 1.29 is 53.2 Å². The van der Waals surface area contributed by atoms with Gasteiger partial charge in [-0.2, -0.15) is 40.6 Å². The van der Waals surface area contributed by atoms with Crippen LogP contribution in [0, 0.1) is 0 Å². The molecule has 0 heterocycles. The normalized spacial score (nSPS) is 16.0. The summed E-state index contributed by atoms with van der Waals surface area (Å²) in [6.07, 6.45) is 4.74. The van der Waals surface area contributed by atoms with Crippen molar-refractivity contribution in [3.8, 4) is 16.9 Å². The number of nitrogens with two attached hydrogens (primary N) is 2. The number of methoxy groups -OCH3 is 1. The van der Waals surface area contributed by atoms with Crippen LogP contribution in [0.25, 0.3) is 17.2 Å². The molecule has 298 valence electrons. The van der Waals surface area contributed by atoms with Gasteiger partial charge in [0, 0.05) is 12.1 Å². The number of ketones is 2. The van der Waals surface area contributed by atoms with Crippen molar-refractivity contribution in [3.05, 3.63) is 113 Å². The number of hydrogen-bond acceptors (Lipinski definition) is 17. The Morgan fingerprint density at radius 1 is 0.690 bits per heavy atom. The van der Waals surface area contributed by atoms with Crippen molar-refractivity contribution in [3.63, 3.8) is 0 Å². The van der Waals surface area contributed by atoms with Crippen LogP contribution >= 0.6 is 0 Å². The second-order valence-corrected chi connectivity index (χ2v) is 16.2. The van der Waals surface area contributed by atoms with E-state index in [1.54, 1.807) is 36.4 Å². The van der Waals surface area contributed by atoms with Crippen molar-refractivity contribution >= 4 is 87.9 Å². The number of allylic oxidation sites excluding steroid dienone is 4. The van der Waals surface area contributed by atoms with Crippen molar-refractivity contribution in [1.29, 1.82) is 0 Å². The largest absolute Gasteiger partial charge is 0.497 e. The maximum Gasteiger partial charge on any atom is 0.296 e. The lowest BCUT2D eigenvalue weighted by Crippen LogP contribution is -2.28. The maximum atomic E-state index is 13.8. The molecular weight excluding hydrogens is 821 g/mol. The second kappa shape index (κ2) is 15.6. The highest BCUT2D eigenvalue weighted by Crippen LogP contribution is 2.41. The zero-order chi connectivity index (χ0) is 42.2. The molecule has 23 heteroatoms. The van der Waals surface area contributed by atoms with E-state index in [2.05, 4.69) is 31.3 Å². The number of nitrogens with one attached hydrogen (secondary N) is 2. The lowest BCUT2D eigenvalue weighted by molar-refractivity contribution is -0.110. The number of Topliss-reactive ketones (excluding diaryl/α,β-unsaturated/α-hetero) is 1. The fourth-order valence-corrected chi connectivity index (χ4v) is 7.46. The Hall–Kier alpha value is -6.89. The average Bonchev–Trinajstić information content (AvgIpc) is 3.15. The van der Waals surface area contributed by atoms with Crippen LogP contribution in [0.1, 0.15) is 15.9 Å². The van der Waals surface area contributed by atoms with Crippen molar-refractivity contribution in [2.45, 2.75) is 9.79 Å². The maximum absolute atomic E-state index is 13.8. The third-order valence-electron chi connectivity index (χ3n) is 8.26. The first kappa shape index (κ1) is 40.8. The van der Waals surface area contributed by atoms with Crippen molar-refractivity contribution in [1.82, 2.24) is 0 Å². The molecule has 0 bridgehead atoms. The first-order valence-electron chi connectivity index (χ1n) is 16.1. The summed E-state index contributed by atoms with van der Waals surface area (Å²) in [4.78, 5) is 22.4. The van der Waals surface area contributed by atoms with Crippen LogP contribution in [0.3, 0.4) is 0 Å². The predicted octanol–water partition coefficient (Wildman–Crippen LogP) is 4.50. The number of carbonyl (C=O) groups is 2. The van der Waals surface area contributed by atoms with E-state index < -0.39 is 84.7 Å². The van der Waals surface area contributed by atoms with Crippen LogP contribution in [-0.2, 0) is 35.1 Å². The molecule has 0 aromatic heterocycles. The average molecular weight is 849 g/mol. The molecule has 0 fully saturated rings. The minimum atomic E-state index is -5.30. The van der Waals surface area contributed by atoms with Gasteiger partial charge in [0.2, 0.25) is 5.78 Å². The van der Waals surface area contributed by atoms with Crippen molar-refractivity contribution in [2.75, 3.05) is 23.7 Å². The Kier molecular flexibility index (Phi) is 10.9. The molecule has 0 aliphatic heterocycles. The van der Waals surface area contributed by atoms with E-state index in [0.717, 1.165) is 23.3 Å². The SMILES string of the molecule is COc1ccc(NN=C2C(=O)c3c(cc(S(=O)(=O)O)c(N=Nc4ccc(-c5ccc(NN=C6C=CC(=O)C=C6N)cc5)cc4)c3N)C=C2S(=O)(=O)O)c(S(=O)(=O)O)c1. The molecule has 0 spiro atoms. The molecule has 6 rings (SSSR count). The minimum absolute atomic E-state index is 0.00298. The van der Waals surface area contributed by atoms with Crippen LogP contribution in [0.4, 0.5) is 28.4 Å². The number of benzene rings is 4. The molecule has 0 saturated heterocycles. The lowest BCUT2D eigenvalue weighted by Gasteiger charge is -2.20. The van der Waals surface area contributed by atoms with Gasteiger partial charge in [0.1, 0.15) is 31.8 Å². The van der Waals surface area contributed by atoms with Crippen LogP contribution in [0.2, 0.25) is 0 Å². The van der Waals surface area contributed by atoms with E-state index in [1.165, 1.54) is 43.5 Å². The second-order valence-electron chi connectivity index (χ2n) is 12.1. The number of carbonyl (C=O) groups excluding carboxylic acids is 2. The number of nitrogens with zero attached hydrogens (tertiary/aromatic N) is 4. The quantitative estimate of drug-likeness (QED) is 0.0359. The number of ether oxygens (including phenoxy) is 1. The Morgan fingerprint density at radius 2 is 1.33 bits per heavy atom. The van der Waals surface area contributed by atoms with Gasteiger partial charge < -0.3 is 16.2 Å². The summed E-state index contributed by atoms with van der Waals surface area (Å²) in [6, 6.07) is 17.4. The first-order valence-corrected chi connectivity index (χ1v) is 20.4. The standard InChI is InChI=1S/C35H28N8O12S3/c1-55-24-11-13-27(28(17-24)56(46,47)48)41-43-34-30(58(52,53)54)15-20-14-29(57(49,50)51)33(32(37)31(20)35(34)45)42-39-22-8-4-19(5-9-22)18-2-6-21(7-3-18)38-40-26-12-10-23(44)16-25(26)36/h2-17,38,41H,36-37H2,1H3,(H,46,47,48)(H,49,50,51)(H,52,53,54). The molecule has 4 aromatic rings. The van der Waals surface area contributed by atoms with E-state index in [-0.39, 0.29) is 22.9 Å². The topological polar surface area (TPSA) is 332 Å². The van der Waals surface area contributed by atoms with Gasteiger partial charge in [-0.1, -0.05) is 24.3 Å². The van der Waals surface area contributed by atoms with Gasteiger partial charge in [-0.3, -0.25) is 34.1 Å². The molecule has 0 unspecified atom stereocenters. The molecule has 0 saturated carbocycles. The van der Waals surface area contributed by atoms with Crippen molar-refractivity contribution in [2.24, 2.45) is 26.2 Å². The van der Waals surface area contributed by atoms with E-state index in [4.69, 9.17) is 16.2 Å². The monoisotopic (exact) mass is 848 g/mol. The molecule has 4 aromatic carbocycles. The molecular formula is C35H28N8O12S3. The predicted molar refractivity (Wildman–Crippen MR) is 212 cm³/mol. The zero-order valence-electron chi connectivity index (χ0n) is 29.4. The minimum Gasteiger partial charge on any atom is -0.497 e. The van der Waals surface area contributed by atoms with Gasteiger partial charge in [-0.25, -0.2) is 0 Å². The molecule has 0 amide bonds. The molecule has 0 atom stereocenters. The molecule has 0 radical (unpaired) electrons. The Balaban J connectivity index is 1.31. The number of hydrogen-bond donors (Lipinski definition) is 7. The fourth-order valence-electron chi connectivity index (χ4n) is 5.47. The van der Waals surface area contributed by atoms with E-state index in [1.807, 2.05) is 0 Å². The molecule has 9 N–H and O–H groups in total. The summed E-state index contributed by atoms with van der Waals surface area (Å²) in [7, 11) is -14.2. The molecule has 2 aliphatic rings. The Morgan fingerprint density at radius 3 is 1.91 bits per heavy atom. The van der Waals surface area contributed by atoms with E-state index in [0.29, 0.717) is 23.5 Å². The number of azo groups is 1. The highest BCUT2D eigenvalue weighted by molar-refractivity contribution is 7.91. The highest BCUT2D eigenvalue weighted by atomic mass is 32.2. The molecule has 58 heavy (non-hydrogen) atoms. The van der Waals surface area contributed by atoms with Gasteiger partial charge in [0.05, 0.1) is 41.1 Å². The van der Waals surface area contributed by atoms with Gasteiger partial charge in [-0.15, -0.1) is 5.11 Å². The van der Waals surface area contributed by atoms with Crippen LogP contribution in [0.5, 0.6) is 5.75 Å². The lowest BCUT2D eigenvalue weighted by atomic mass is 9.92. The molecule has 20 nitrogen and oxygen atoms in total. The van der Waals surface area contributed by atoms with Crippen LogP contribution < -0.4 is 27.1 Å². The summed E-state index contributed by atoms with van der Waals surface area (Å²) in [5.41, 5.74) is 16.1. The van der Waals surface area contributed by atoms with Crippen LogP contribution in [-0.4, -0.2) is 69.0 Å². The Bertz CT molecular complexity index is 2940. The molecule has 2 aliphatic carbocycles. The van der Waals surface area contributed by atoms with Gasteiger partial charge >= 0.3 is 0 Å². The number of nitrogen functional groups attached to an aromatic ring is 1. The summed E-state index contributed by atoms with van der Waals surface area (Å²) < 4.78 is 109. The first-order chi connectivity index (χ1) is 27.2. The van der Waals surface area contributed by atoms with E-state index in [9.17, 15) is 48.5 Å². The fraction of sp³-hybridized carbons (Fsp3) is 0.0286. The number of hydrazone groups is 2. The van der Waals surface area contributed by atoms with E-state index >= 15 is 0 Å². The summed E-state index contributed by atoms with van der Waals surface area (Å²) in [5.74, 6) is -1.55. The smallest absolute Gasteiger partial charge is 0.296 e. The Labute approximate surface area is 329 Å². The van der Waals surface area contributed by atoms with Gasteiger partial charge in [-0.05, 0) is 77.4 Å².